The van der Waals surface area contributed by atoms with E-state index in [1.165, 1.54) is 12.8 Å². The van der Waals surface area contributed by atoms with E-state index in [2.05, 4.69) is 36.8 Å². The molecule has 0 unspecified atom stereocenters. The number of aryl methyl sites for hydroxylation is 1. The van der Waals surface area contributed by atoms with Gasteiger partial charge in [-0.3, -0.25) is 4.57 Å². The van der Waals surface area contributed by atoms with Crippen molar-refractivity contribution in [2.75, 3.05) is 18.0 Å². The molecule has 4 heterocycles. The lowest BCUT2D eigenvalue weighted by atomic mass is 10.00. The molecule has 3 aromatic rings. The molecule has 27 heavy (non-hydrogen) atoms. The summed E-state index contributed by atoms with van der Waals surface area (Å²) in [6.07, 6.45) is 4.04. The third-order valence-corrected chi connectivity index (χ3v) is 5.90. The predicted molar refractivity (Wildman–Crippen MR) is 102 cm³/mol. The first kappa shape index (κ1) is 18.1. The Morgan fingerprint density at radius 3 is 2.70 bits per heavy atom. The van der Waals surface area contributed by atoms with E-state index < -0.39 is 0 Å². The van der Waals surface area contributed by atoms with Crippen molar-refractivity contribution in [2.24, 2.45) is 5.92 Å². The van der Waals surface area contributed by atoms with E-state index in [0.717, 1.165) is 35.9 Å². The minimum Gasteiger partial charge on any atom is -0.467 e. The number of piperidine rings is 1. The summed E-state index contributed by atoms with van der Waals surface area (Å²) < 4.78 is 13.3. The molecule has 0 saturated carbocycles. The lowest BCUT2D eigenvalue weighted by Crippen LogP contribution is -2.35. The zero-order valence-electron chi connectivity index (χ0n) is 15.8. The molecule has 9 heteroatoms. The van der Waals surface area contributed by atoms with Crippen LogP contribution in [0.5, 0.6) is 0 Å². The fourth-order valence-corrected chi connectivity index (χ4v) is 4.07. The number of rotatable bonds is 6. The second-order valence-electron chi connectivity index (χ2n) is 7.04. The van der Waals surface area contributed by atoms with Crippen LogP contribution >= 0.6 is 11.8 Å². The summed E-state index contributed by atoms with van der Waals surface area (Å²) in [5.74, 6) is 3.70. The normalized spacial score (nSPS) is 16.8. The van der Waals surface area contributed by atoms with Crippen molar-refractivity contribution in [3.8, 4) is 0 Å². The van der Waals surface area contributed by atoms with E-state index in [1.54, 1.807) is 24.9 Å². The molecule has 0 spiro atoms. The smallest absolute Gasteiger partial charge is 0.229 e. The highest BCUT2D eigenvalue weighted by Gasteiger charge is 2.25. The molecule has 8 nitrogen and oxygen atoms in total. The number of aromatic nitrogens is 5. The molecule has 0 radical (unpaired) electrons. The lowest BCUT2D eigenvalue weighted by molar-refractivity contribution is 0.427. The van der Waals surface area contributed by atoms with Crippen molar-refractivity contribution in [1.29, 1.82) is 0 Å². The molecule has 0 bridgehead atoms. The van der Waals surface area contributed by atoms with E-state index >= 15 is 0 Å². The Labute approximate surface area is 162 Å². The van der Waals surface area contributed by atoms with Gasteiger partial charge in [0.05, 0.1) is 18.1 Å². The van der Waals surface area contributed by atoms with Gasteiger partial charge in [0.2, 0.25) is 17.7 Å². The SMILES string of the molecule is Cc1nnc([C@@H](C)Sc2nnc(N3CCC(C)CC3)n2Cc2ccco2)o1. The number of anilines is 1. The van der Waals surface area contributed by atoms with Crippen LogP contribution < -0.4 is 4.90 Å². The lowest BCUT2D eigenvalue weighted by Gasteiger charge is -2.31. The Hall–Kier alpha value is -2.29. The average molecular weight is 388 g/mol. The molecule has 1 aliphatic heterocycles. The summed E-state index contributed by atoms with van der Waals surface area (Å²) in [4.78, 5) is 2.32. The van der Waals surface area contributed by atoms with Crippen LogP contribution in [0.25, 0.3) is 0 Å². The van der Waals surface area contributed by atoms with Crippen molar-refractivity contribution >= 4 is 17.7 Å². The number of nitrogens with zero attached hydrogens (tertiary/aromatic N) is 6. The average Bonchev–Trinajstić information content (AvgIpc) is 3.39. The monoisotopic (exact) mass is 388 g/mol. The fourth-order valence-electron chi connectivity index (χ4n) is 3.19. The maximum atomic E-state index is 5.57. The van der Waals surface area contributed by atoms with Crippen molar-refractivity contribution in [3.63, 3.8) is 0 Å². The Morgan fingerprint density at radius 2 is 2.04 bits per heavy atom. The van der Waals surface area contributed by atoms with Gasteiger partial charge in [-0.1, -0.05) is 18.7 Å². The van der Waals surface area contributed by atoms with Crippen LogP contribution in [0.2, 0.25) is 0 Å². The third-order valence-electron chi connectivity index (χ3n) is 4.83. The van der Waals surface area contributed by atoms with Gasteiger partial charge in [0.25, 0.3) is 0 Å². The molecular weight excluding hydrogens is 364 g/mol. The summed E-state index contributed by atoms with van der Waals surface area (Å²) in [5.41, 5.74) is 0. The van der Waals surface area contributed by atoms with Gasteiger partial charge in [-0.2, -0.15) is 0 Å². The van der Waals surface area contributed by atoms with Gasteiger partial charge in [-0.15, -0.1) is 20.4 Å². The number of hydrogen-bond donors (Lipinski definition) is 0. The van der Waals surface area contributed by atoms with E-state index in [-0.39, 0.29) is 5.25 Å². The predicted octanol–water partition coefficient (Wildman–Crippen LogP) is 3.70. The maximum absolute atomic E-state index is 5.57. The van der Waals surface area contributed by atoms with Gasteiger partial charge in [-0.25, -0.2) is 0 Å². The van der Waals surface area contributed by atoms with Crippen LogP contribution in [0.1, 0.15) is 49.5 Å². The molecule has 1 atom stereocenters. The molecule has 1 fully saturated rings. The van der Waals surface area contributed by atoms with E-state index in [0.29, 0.717) is 18.3 Å². The summed E-state index contributed by atoms with van der Waals surface area (Å²) in [7, 11) is 0. The highest BCUT2D eigenvalue weighted by Crippen LogP contribution is 2.35. The summed E-state index contributed by atoms with van der Waals surface area (Å²) in [6.45, 7) is 8.73. The van der Waals surface area contributed by atoms with Gasteiger partial charge in [0.1, 0.15) is 5.76 Å². The second-order valence-corrected chi connectivity index (χ2v) is 8.35. The number of thioether (sulfide) groups is 1. The molecular formula is C18H24N6O2S. The summed E-state index contributed by atoms with van der Waals surface area (Å²) in [5, 5.41) is 17.8. The number of hydrogen-bond acceptors (Lipinski definition) is 8. The molecule has 4 rings (SSSR count). The molecule has 3 aromatic heterocycles. The van der Waals surface area contributed by atoms with Gasteiger partial charge in [0, 0.05) is 20.0 Å². The number of furan rings is 1. The Kier molecular flexibility index (Phi) is 5.20. The zero-order valence-corrected chi connectivity index (χ0v) is 16.6. The molecule has 144 valence electrons. The topological polar surface area (TPSA) is 86.0 Å². The molecule has 0 aromatic carbocycles. The van der Waals surface area contributed by atoms with Crippen LogP contribution in [0.3, 0.4) is 0 Å². The second kappa shape index (κ2) is 7.75. The van der Waals surface area contributed by atoms with Gasteiger partial charge < -0.3 is 13.7 Å². The van der Waals surface area contributed by atoms with Crippen molar-refractivity contribution in [3.05, 3.63) is 35.9 Å². The molecule has 0 amide bonds. The largest absolute Gasteiger partial charge is 0.467 e. The first-order valence-corrected chi connectivity index (χ1v) is 10.2. The first-order chi connectivity index (χ1) is 13.1. The quantitative estimate of drug-likeness (QED) is 0.591. The Morgan fingerprint density at radius 1 is 1.22 bits per heavy atom. The van der Waals surface area contributed by atoms with Crippen LogP contribution in [-0.4, -0.2) is 38.1 Å². The summed E-state index contributed by atoms with van der Waals surface area (Å²) in [6, 6.07) is 3.87. The van der Waals surface area contributed by atoms with E-state index in [4.69, 9.17) is 8.83 Å². The molecule has 0 aliphatic carbocycles. The molecule has 1 saturated heterocycles. The van der Waals surface area contributed by atoms with Gasteiger partial charge in [0.15, 0.2) is 5.16 Å². The third kappa shape index (κ3) is 4.02. The minimum atomic E-state index is -0.0139. The summed E-state index contributed by atoms with van der Waals surface area (Å²) >= 11 is 1.57. The van der Waals surface area contributed by atoms with Crippen molar-refractivity contribution < 1.29 is 8.83 Å². The standard InChI is InChI=1S/C18H24N6O2S/c1-12-6-8-23(9-7-12)17-21-22-18(24(17)11-15-5-4-10-25-15)27-13(2)16-20-19-14(3)26-16/h4-5,10,12-13H,6-9,11H2,1-3H3/t13-/m1/s1. The van der Waals surface area contributed by atoms with Crippen LogP contribution in [-0.2, 0) is 6.54 Å². The Bertz CT molecular complexity index is 866. The van der Waals surface area contributed by atoms with Crippen LogP contribution in [0, 0.1) is 12.8 Å². The Balaban J connectivity index is 1.60. The first-order valence-electron chi connectivity index (χ1n) is 9.27. The molecule has 1 aliphatic rings. The highest BCUT2D eigenvalue weighted by molar-refractivity contribution is 7.99. The van der Waals surface area contributed by atoms with E-state index in [1.807, 2.05) is 19.1 Å². The highest BCUT2D eigenvalue weighted by atomic mass is 32.2. The zero-order chi connectivity index (χ0) is 18.8. The van der Waals surface area contributed by atoms with Crippen LogP contribution in [0.15, 0.2) is 32.4 Å². The van der Waals surface area contributed by atoms with Crippen molar-refractivity contribution in [2.45, 2.75) is 50.6 Å². The maximum Gasteiger partial charge on any atom is 0.229 e. The van der Waals surface area contributed by atoms with Crippen molar-refractivity contribution in [1.82, 2.24) is 25.0 Å². The minimum absolute atomic E-state index is 0.0139. The fraction of sp³-hybridized carbons (Fsp3) is 0.556. The van der Waals surface area contributed by atoms with Crippen LogP contribution in [0.4, 0.5) is 5.95 Å². The van der Waals surface area contributed by atoms with Gasteiger partial charge >= 0.3 is 0 Å². The van der Waals surface area contributed by atoms with Gasteiger partial charge in [-0.05, 0) is 37.8 Å². The van der Waals surface area contributed by atoms with E-state index in [9.17, 15) is 0 Å². The molecule has 0 N–H and O–H groups in total.